The number of hydrogen-bond donors (Lipinski definition) is 1. The van der Waals surface area contributed by atoms with Crippen molar-refractivity contribution in [2.45, 2.75) is 19.3 Å². The van der Waals surface area contributed by atoms with Gasteiger partial charge in [0.15, 0.2) is 0 Å². The van der Waals surface area contributed by atoms with Crippen molar-refractivity contribution in [1.29, 1.82) is 0 Å². The number of carbonyl (C=O) groups excluding carboxylic acids is 2. The topological polar surface area (TPSA) is 61.9 Å². The van der Waals surface area contributed by atoms with Gasteiger partial charge in [0.1, 0.15) is 0 Å². The number of benzene rings is 1. The smallest absolute Gasteiger partial charge is 0.317 e. The molecule has 136 valence electrons. The van der Waals surface area contributed by atoms with Crippen molar-refractivity contribution in [3.63, 3.8) is 0 Å². The number of urea groups is 1. The molecule has 2 aliphatic heterocycles. The van der Waals surface area contributed by atoms with Gasteiger partial charge in [-0.05, 0) is 24.8 Å². The third-order valence-corrected chi connectivity index (χ3v) is 4.91. The molecule has 1 N–H and O–H groups in total. The van der Waals surface area contributed by atoms with Crippen molar-refractivity contribution in [3.8, 4) is 0 Å². The molecule has 2 saturated heterocycles. The van der Waals surface area contributed by atoms with Crippen LogP contribution in [-0.4, -0.2) is 67.7 Å². The lowest BCUT2D eigenvalue weighted by Crippen LogP contribution is -2.51. The third kappa shape index (κ3) is 4.95. The largest absolute Gasteiger partial charge is 0.378 e. The maximum atomic E-state index is 12.6. The molecule has 25 heavy (non-hydrogen) atoms. The zero-order chi connectivity index (χ0) is 17.5. The molecule has 2 aliphatic rings. The summed E-state index contributed by atoms with van der Waals surface area (Å²) in [5, 5.41) is 2.98. The highest BCUT2D eigenvalue weighted by Gasteiger charge is 2.31. The molecule has 0 bridgehead atoms. The van der Waals surface area contributed by atoms with E-state index in [9.17, 15) is 9.59 Å². The Morgan fingerprint density at radius 3 is 2.60 bits per heavy atom. The minimum atomic E-state index is -0.0771. The Morgan fingerprint density at radius 1 is 1.08 bits per heavy atom. The van der Waals surface area contributed by atoms with E-state index in [0.717, 1.165) is 25.8 Å². The molecule has 0 saturated carbocycles. The van der Waals surface area contributed by atoms with Crippen molar-refractivity contribution >= 4 is 11.9 Å². The molecule has 3 rings (SSSR count). The molecular weight excluding hydrogens is 318 g/mol. The highest BCUT2D eigenvalue weighted by Crippen LogP contribution is 2.19. The average Bonchev–Trinajstić information content (AvgIpc) is 2.69. The van der Waals surface area contributed by atoms with Crippen molar-refractivity contribution in [1.82, 2.24) is 15.1 Å². The van der Waals surface area contributed by atoms with Crippen LogP contribution in [0.4, 0.5) is 4.79 Å². The Morgan fingerprint density at radius 2 is 1.84 bits per heavy atom. The number of nitrogens with zero attached hydrogens (tertiary/aromatic N) is 2. The summed E-state index contributed by atoms with van der Waals surface area (Å²) in [5.74, 6) is 0.0943. The van der Waals surface area contributed by atoms with Gasteiger partial charge < -0.3 is 19.9 Å². The molecule has 1 aromatic carbocycles. The molecule has 1 aromatic rings. The number of piperidine rings is 1. The molecular formula is C19H27N3O3. The van der Waals surface area contributed by atoms with Crippen LogP contribution in [0.25, 0.3) is 0 Å². The number of carbonyl (C=O) groups is 2. The van der Waals surface area contributed by atoms with Gasteiger partial charge in [0.25, 0.3) is 0 Å². The Labute approximate surface area is 149 Å². The standard InChI is InChI=1S/C19H27N3O3/c23-18(21-11-13-25-14-12-21)17-7-4-10-22(15-17)19(24)20-9-8-16-5-2-1-3-6-16/h1-3,5-6,17H,4,7-15H2,(H,20,24)/t17-/m1/s1. The summed E-state index contributed by atoms with van der Waals surface area (Å²) in [6, 6.07) is 10.1. The van der Waals surface area contributed by atoms with E-state index in [1.807, 2.05) is 23.1 Å². The summed E-state index contributed by atoms with van der Waals surface area (Å²) in [6.45, 7) is 4.42. The van der Waals surface area contributed by atoms with Crippen molar-refractivity contribution < 1.29 is 14.3 Å². The Hall–Kier alpha value is -2.08. The zero-order valence-electron chi connectivity index (χ0n) is 14.7. The van der Waals surface area contributed by atoms with Gasteiger partial charge in [-0.3, -0.25) is 4.79 Å². The van der Waals surface area contributed by atoms with Gasteiger partial charge in [0.05, 0.1) is 19.1 Å². The monoisotopic (exact) mass is 345 g/mol. The van der Waals surface area contributed by atoms with E-state index >= 15 is 0 Å². The normalized spacial score (nSPS) is 21.0. The lowest BCUT2D eigenvalue weighted by atomic mass is 9.96. The number of ether oxygens (including phenoxy) is 1. The van der Waals surface area contributed by atoms with E-state index in [2.05, 4.69) is 17.4 Å². The second-order valence-corrected chi connectivity index (χ2v) is 6.69. The molecule has 6 heteroatoms. The number of amides is 3. The predicted molar refractivity (Wildman–Crippen MR) is 95.2 cm³/mol. The van der Waals surface area contributed by atoms with E-state index in [4.69, 9.17) is 4.74 Å². The molecule has 3 amide bonds. The lowest BCUT2D eigenvalue weighted by Gasteiger charge is -2.36. The van der Waals surface area contributed by atoms with E-state index < -0.39 is 0 Å². The van der Waals surface area contributed by atoms with Gasteiger partial charge in [-0.1, -0.05) is 30.3 Å². The van der Waals surface area contributed by atoms with Gasteiger partial charge in [0, 0.05) is 32.7 Å². The summed E-state index contributed by atoms with van der Waals surface area (Å²) in [6.07, 6.45) is 2.56. The summed E-state index contributed by atoms with van der Waals surface area (Å²) in [5.41, 5.74) is 1.21. The average molecular weight is 345 g/mol. The molecule has 0 radical (unpaired) electrons. The molecule has 2 fully saturated rings. The van der Waals surface area contributed by atoms with E-state index in [-0.39, 0.29) is 17.9 Å². The first-order chi connectivity index (χ1) is 12.2. The summed E-state index contributed by atoms with van der Waals surface area (Å²) in [4.78, 5) is 28.7. The summed E-state index contributed by atoms with van der Waals surface area (Å²) in [7, 11) is 0. The molecule has 6 nitrogen and oxygen atoms in total. The number of nitrogens with one attached hydrogen (secondary N) is 1. The quantitative estimate of drug-likeness (QED) is 0.900. The van der Waals surface area contributed by atoms with Crippen LogP contribution in [0.15, 0.2) is 30.3 Å². The van der Waals surface area contributed by atoms with Crippen molar-refractivity contribution in [3.05, 3.63) is 35.9 Å². The van der Waals surface area contributed by atoms with Crippen LogP contribution < -0.4 is 5.32 Å². The number of hydrogen-bond acceptors (Lipinski definition) is 3. The predicted octanol–water partition coefficient (Wildman–Crippen LogP) is 1.51. The van der Waals surface area contributed by atoms with E-state index in [1.54, 1.807) is 4.90 Å². The van der Waals surface area contributed by atoms with Gasteiger partial charge >= 0.3 is 6.03 Å². The van der Waals surface area contributed by atoms with Gasteiger partial charge in [0.2, 0.25) is 5.91 Å². The third-order valence-electron chi connectivity index (χ3n) is 4.91. The van der Waals surface area contributed by atoms with Crippen LogP contribution in [0.1, 0.15) is 18.4 Å². The second kappa shape index (κ2) is 8.85. The lowest BCUT2D eigenvalue weighted by molar-refractivity contribution is -0.141. The van der Waals surface area contributed by atoms with E-state index in [1.165, 1.54) is 5.56 Å². The number of rotatable bonds is 4. The Bertz CT molecular complexity index is 573. The molecule has 0 aliphatic carbocycles. The fourth-order valence-corrected chi connectivity index (χ4v) is 3.48. The van der Waals surface area contributed by atoms with Gasteiger partial charge in [-0.15, -0.1) is 0 Å². The van der Waals surface area contributed by atoms with Crippen LogP contribution in [0.3, 0.4) is 0 Å². The first-order valence-electron chi connectivity index (χ1n) is 9.17. The van der Waals surface area contributed by atoms with Crippen LogP contribution in [0.5, 0.6) is 0 Å². The first kappa shape index (κ1) is 17.7. The van der Waals surface area contributed by atoms with Crippen LogP contribution in [-0.2, 0) is 16.0 Å². The fourth-order valence-electron chi connectivity index (χ4n) is 3.48. The Kier molecular flexibility index (Phi) is 6.28. The van der Waals surface area contributed by atoms with Crippen molar-refractivity contribution in [2.24, 2.45) is 5.92 Å². The molecule has 2 heterocycles. The maximum absolute atomic E-state index is 12.6. The highest BCUT2D eigenvalue weighted by molar-refractivity contribution is 5.81. The maximum Gasteiger partial charge on any atom is 0.317 e. The van der Waals surface area contributed by atoms with Gasteiger partial charge in [-0.25, -0.2) is 4.79 Å². The summed E-state index contributed by atoms with van der Waals surface area (Å²) < 4.78 is 5.31. The number of likely N-dealkylation sites (tertiary alicyclic amines) is 1. The van der Waals surface area contributed by atoms with Crippen LogP contribution in [0, 0.1) is 5.92 Å². The molecule has 0 spiro atoms. The molecule has 1 atom stereocenters. The highest BCUT2D eigenvalue weighted by atomic mass is 16.5. The zero-order valence-corrected chi connectivity index (χ0v) is 14.7. The molecule has 0 unspecified atom stereocenters. The van der Waals surface area contributed by atoms with E-state index in [0.29, 0.717) is 39.4 Å². The number of morpholine rings is 1. The first-order valence-corrected chi connectivity index (χ1v) is 9.17. The second-order valence-electron chi connectivity index (χ2n) is 6.69. The van der Waals surface area contributed by atoms with Gasteiger partial charge in [-0.2, -0.15) is 0 Å². The SMILES string of the molecule is O=C(NCCc1ccccc1)N1CCC[C@@H](C(=O)N2CCOCC2)C1. The minimum Gasteiger partial charge on any atom is -0.378 e. The minimum absolute atomic E-state index is 0.0598. The summed E-state index contributed by atoms with van der Waals surface area (Å²) >= 11 is 0. The molecule has 0 aromatic heterocycles. The Balaban J connectivity index is 1.45. The fraction of sp³-hybridized carbons (Fsp3) is 0.579. The van der Waals surface area contributed by atoms with Crippen LogP contribution >= 0.6 is 0 Å². The van der Waals surface area contributed by atoms with Crippen molar-refractivity contribution in [2.75, 3.05) is 45.9 Å². The van der Waals surface area contributed by atoms with Crippen LogP contribution in [0.2, 0.25) is 0 Å².